The van der Waals surface area contributed by atoms with Gasteiger partial charge >= 0.3 is 6.18 Å². The average Bonchev–Trinajstić information content (AvgIpc) is 3.32. The highest BCUT2D eigenvalue weighted by atomic mass is 19.4. The molecule has 0 spiro atoms. The van der Waals surface area contributed by atoms with Crippen LogP contribution in [0.2, 0.25) is 0 Å². The minimum Gasteiger partial charge on any atom is -0.493 e. The number of fused-ring (bicyclic) bond motifs is 4. The molecule has 2 unspecified atom stereocenters. The zero-order chi connectivity index (χ0) is 22.0. The number of hydrogen-bond donors (Lipinski definition) is 1. The minimum atomic E-state index is -4.53. The van der Waals surface area contributed by atoms with Crippen LogP contribution in [-0.2, 0) is 16.4 Å². The summed E-state index contributed by atoms with van der Waals surface area (Å²) in [6.07, 6.45) is -3.50. The van der Waals surface area contributed by atoms with E-state index in [1.807, 2.05) is 0 Å². The van der Waals surface area contributed by atoms with E-state index in [1.165, 1.54) is 13.2 Å². The van der Waals surface area contributed by atoms with Crippen LogP contribution in [-0.4, -0.2) is 18.7 Å². The molecule has 6 nitrogen and oxygen atoms in total. The number of carbonyl (C=O) groups excluding carboxylic acids is 1. The molecular weight excluding hydrogens is 411 g/mol. The first-order chi connectivity index (χ1) is 14.8. The van der Waals surface area contributed by atoms with Crippen molar-refractivity contribution in [3.05, 3.63) is 41.5 Å². The molecule has 2 aromatic carbocycles. The van der Waals surface area contributed by atoms with E-state index in [-0.39, 0.29) is 28.9 Å². The highest BCUT2D eigenvalue weighted by Gasteiger charge is 2.47. The van der Waals surface area contributed by atoms with Crippen LogP contribution in [0.15, 0.2) is 39.9 Å². The van der Waals surface area contributed by atoms with Crippen molar-refractivity contribution in [2.75, 3.05) is 7.11 Å². The molecule has 1 amide bonds. The van der Waals surface area contributed by atoms with Gasteiger partial charge in [0.2, 0.25) is 5.91 Å². The maximum absolute atomic E-state index is 13.4. The van der Waals surface area contributed by atoms with Gasteiger partial charge in [-0.1, -0.05) is 6.07 Å². The van der Waals surface area contributed by atoms with Gasteiger partial charge in [0, 0.05) is 10.8 Å². The van der Waals surface area contributed by atoms with Gasteiger partial charge in [-0.25, -0.2) is 5.43 Å². The molecular formula is C22H16F3N3O3. The van der Waals surface area contributed by atoms with Crippen molar-refractivity contribution >= 4 is 33.6 Å². The molecule has 1 saturated carbocycles. The monoisotopic (exact) mass is 427 g/mol. The van der Waals surface area contributed by atoms with Crippen LogP contribution in [0.5, 0.6) is 5.75 Å². The van der Waals surface area contributed by atoms with Crippen molar-refractivity contribution in [3.8, 4) is 11.8 Å². The molecule has 1 N–H and O–H groups in total. The summed E-state index contributed by atoms with van der Waals surface area (Å²) in [5.74, 6) is -0.446. The minimum absolute atomic E-state index is 0.196. The number of methoxy groups -OCH3 is 1. The number of hydrazone groups is 1. The van der Waals surface area contributed by atoms with Crippen molar-refractivity contribution in [1.29, 1.82) is 5.26 Å². The third kappa shape index (κ3) is 2.78. The van der Waals surface area contributed by atoms with Crippen LogP contribution in [0.4, 0.5) is 13.2 Å². The molecule has 5 rings (SSSR count). The Bertz CT molecular complexity index is 1320. The first-order valence-corrected chi connectivity index (χ1v) is 9.66. The van der Waals surface area contributed by atoms with Crippen LogP contribution in [0.3, 0.4) is 0 Å². The van der Waals surface area contributed by atoms with E-state index >= 15 is 0 Å². The second-order valence-electron chi connectivity index (χ2n) is 7.86. The lowest BCUT2D eigenvalue weighted by atomic mass is 9.65. The number of alkyl halides is 3. The van der Waals surface area contributed by atoms with Crippen molar-refractivity contribution in [2.45, 2.75) is 30.9 Å². The number of ether oxygens (including phenoxy) is 1. The third-order valence-corrected chi connectivity index (χ3v) is 6.25. The topological polar surface area (TPSA) is 87.6 Å². The van der Waals surface area contributed by atoms with E-state index in [1.54, 1.807) is 12.1 Å². The summed E-state index contributed by atoms with van der Waals surface area (Å²) < 4.78 is 51.4. The number of hydrogen-bond acceptors (Lipinski definition) is 5. The molecule has 0 radical (unpaired) electrons. The molecule has 3 aromatic rings. The molecule has 9 heteroatoms. The fourth-order valence-corrected chi connectivity index (χ4v) is 4.67. The van der Waals surface area contributed by atoms with Gasteiger partial charge in [-0.15, -0.1) is 0 Å². The van der Waals surface area contributed by atoms with Gasteiger partial charge in [-0.3, -0.25) is 4.79 Å². The maximum atomic E-state index is 13.4. The second-order valence-corrected chi connectivity index (χ2v) is 7.86. The zero-order valence-corrected chi connectivity index (χ0v) is 16.3. The van der Waals surface area contributed by atoms with E-state index in [0.717, 1.165) is 12.1 Å². The van der Waals surface area contributed by atoms with E-state index in [2.05, 4.69) is 16.6 Å². The molecule has 2 aliphatic rings. The van der Waals surface area contributed by atoms with E-state index in [4.69, 9.17) is 9.15 Å². The molecule has 31 heavy (non-hydrogen) atoms. The molecule has 1 fully saturated rings. The number of carbonyl (C=O) groups is 1. The lowest BCUT2D eigenvalue weighted by molar-refractivity contribution is -0.137. The number of nitrogens with one attached hydrogen (secondary N) is 1. The predicted molar refractivity (Wildman–Crippen MR) is 105 cm³/mol. The Morgan fingerprint density at radius 1 is 1.32 bits per heavy atom. The summed E-state index contributed by atoms with van der Waals surface area (Å²) in [5, 5.41) is 14.9. The highest BCUT2D eigenvalue weighted by Crippen LogP contribution is 2.48. The molecule has 158 valence electrons. The van der Waals surface area contributed by atoms with Gasteiger partial charge < -0.3 is 9.15 Å². The van der Waals surface area contributed by atoms with Gasteiger partial charge in [0.15, 0.2) is 11.3 Å². The van der Waals surface area contributed by atoms with Crippen molar-refractivity contribution in [3.63, 3.8) is 0 Å². The number of rotatable bonds is 2. The number of amides is 1. The number of nitrogens with zero attached hydrogens (tertiary/aromatic N) is 2. The van der Waals surface area contributed by atoms with Crippen LogP contribution in [0, 0.1) is 17.2 Å². The fourth-order valence-electron chi connectivity index (χ4n) is 4.67. The Labute approximate surface area is 174 Å². The van der Waals surface area contributed by atoms with Gasteiger partial charge in [-0.2, -0.15) is 23.5 Å². The summed E-state index contributed by atoms with van der Waals surface area (Å²) in [7, 11) is 1.44. The van der Waals surface area contributed by atoms with Crippen LogP contribution in [0.25, 0.3) is 21.9 Å². The standard InChI is InChI=1S/C22H16F3N3O3/c1-30-17-5-3-14(21(10-26)7-6-15-13(9-21)20(29)28-27-15)18-12-8-11(22(23,24)25)2-4-16(12)31-19(17)18/h2-5,8,13H,6-7,9H2,1H3,(H,28,29). The molecule has 0 saturated heterocycles. The summed E-state index contributed by atoms with van der Waals surface area (Å²) >= 11 is 0. The van der Waals surface area contributed by atoms with Gasteiger partial charge in [0.1, 0.15) is 5.58 Å². The van der Waals surface area contributed by atoms with E-state index in [0.29, 0.717) is 35.3 Å². The predicted octanol–water partition coefficient (Wildman–Crippen LogP) is 4.66. The second kappa shape index (κ2) is 6.48. The van der Waals surface area contributed by atoms with Gasteiger partial charge in [-0.05, 0) is 49.1 Å². The lowest BCUT2D eigenvalue weighted by Crippen LogP contribution is -2.38. The summed E-state index contributed by atoms with van der Waals surface area (Å²) in [6.45, 7) is 0. The molecule has 2 heterocycles. The van der Waals surface area contributed by atoms with Crippen LogP contribution >= 0.6 is 0 Å². The lowest BCUT2D eigenvalue weighted by Gasteiger charge is -2.34. The van der Waals surface area contributed by atoms with Crippen LogP contribution in [0.1, 0.15) is 30.4 Å². The number of nitriles is 1. The van der Waals surface area contributed by atoms with Crippen LogP contribution < -0.4 is 10.2 Å². The smallest absolute Gasteiger partial charge is 0.416 e. The first kappa shape index (κ1) is 19.4. The quantitative estimate of drug-likeness (QED) is 0.644. The maximum Gasteiger partial charge on any atom is 0.416 e. The largest absolute Gasteiger partial charge is 0.493 e. The number of halogens is 3. The van der Waals surface area contributed by atoms with Crippen molar-refractivity contribution in [2.24, 2.45) is 11.0 Å². The van der Waals surface area contributed by atoms with E-state index in [9.17, 15) is 23.2 Å². The normalized spacial score (nSPS) is 23.4. The third-order valence-electron chi connectivity index (χ3n) is 6.25. The van der Waals surface area contributed by atoms with Crippen molar-refractivity contribution < 1.29 is 27.1 Å². The summed E-state index contributed by atoms with van der Waals surface area (Å²) in [6, 6.07) is 8.96. The van der Waals surface area contributed by atoms with Crippen molar-refractivity contribution in [1.82, 2.24) is 5.43 Å². The van der Waals surface area contributed by atoms with Gasteiger partial charge in [0.25, 0.3) is 0 Å². The number of benzene rings is 2. The SMILES string of the molecule is COc1ccc(C2(C#N)CCC3=NNC(=O)C3C2)c2c1oc1ccc(C(F)(F)F)cc12. The Kier molecular flexibility index (Phi) is 4.06. The summed E-state index contributed by atoms with van der Waals surface area (Å²) in [4.78, 5) is 12.2. The number of furan rings is 1. The van der Waals surface area contributed by atoms with Gasteiger partial charge in [0.05, 0.1) is 35.8 Å². The Morgan fingerprint density at radius 3 is 2.84 bits per heavy atom. The molecule has 0 bridgehead atoms. The Balaban J connectivity index is 1.79. The first-order valence-electron chi connectivity index (χ1n) is 9.66. The fraction of sp³-hybridized carbons (Fsp3) is 0.318. The molecule has 1 aliphatic heterocycles. The highest BCUT2D eigenvalue weighted by molar-refractivity contribution is 6.11. The molecule has 1 aromatic heterocycles. The Morgan fingerprint density at radius 2 is 2.13 bits per heavy atom. The summed E-state index contributed by atoms with van der Waals surface area (Å²) in [5.41, 5.74) is 2.34. The molecule has 1 aliphatic carbocycles. The zero-order valence-electron chi connectivity index (χ0n) is 16.3. The van der Waals surface area contributed by atoms with E-state index < -0.39 is 23.1 Å². The Hall–Kier alpha value is -3.54. The average molecular weight is 427 g/mol. The molecule has 2 atom stereocenters.